The molecule has 0 aromatic heterocycles. The third-order valence-corrected chi connectivity index (χ3v) is 1.25. The zero-order valence-corrected chi connectivity index (χ0v) is 6.58. The Kier molecular flexibility index (Phi) is 6.73. The topological polar surface area (TPSA) is 46.5 Å². The molecule has 0 bridgehead atoms. The Morgan fingerprint density at radius 3 is 2.73 bits per heavy atom. The van der Waals surface area contributed by atoms with Gasteiger partial charge in [-0.1, -0.05) is 13.0 Å². The molecule has 64 valence electrons. The average Bonchev–Trinajstić information content (AvgIpc) is 1.99. The number of carbonyl (C=O) groups excluding carboxylic acids is 1. The van der Waals surface area contributed by atoms with E-state index in [0.29, 0.717) is 6.42 Å². The lowest BCUT2D eigenvalue weighted by Gasteiger charge is -1.97. The molecule has 0 amide bonds. The minimum Gasteiger partial charge on any atom is -0.435 e. The molecule has 0 unspecified atom stereocenters. The highest BCUT2D eigenvalue weighted by molar-refractivity contribution is 5.69. The van der Waals surface area contributed by atoms with Gasteiger partial charge in [0.25, 0.3) is 0 Å². The minimum atomic E-state index is -0.252. The largest absolute Gasteiger partial charge is 0.435 e. The van der Waals surface area contributed by atoms with Crippen LogP contribution in [0.4, 0.5) is 0 Å². The van der Waals surface area contributed by atoms with E-state index >= 15 is 0 Å². The van der Waals surface area contributed by atoms with Gasteiger partial charge in [0.1, 0.15) is 0 Å². The van der Waals surface area contributed by atoms with Gasteiger partial charge in [0.05, 0.1) is 6.26 Å². The average molecular weight is 158 g/mol. The van der Waals surface area contributed by atoms with Crippen molar-refractivity contribution in [2.24, 2.45) is 0 Å². The number of aliphatic hydroxyl groups is 1. The van der Waals surface area contributed by atoms with E-state index in [1.165, 1.54) is 0 Å². The second-order valence-corrected chi connectivity index (χ2v) is 2.19. The molecule has 0 spiro atoms. The van der Waals surface area contributed by atoms with E-state index in [4.69, 9.17) is 5.11 Å². The van der Waals surface area contributed by atoms with Crippen molar-refractivity contribution in [2.75, 3.05) is 6.61 Å². The minimum absolute atomic E-state index is 0.191. The molecular formula is C8H14O3. The molecule has 1 N–H and O–H groups in total. The number of hydrogen-bond donors (Lipinski definition) is 1. The van der Waals surface area contributed by atoms with Crippen molar-refractivity contribution in [1.29, 1.82) is 0 Å². The Bertz CT molecular complexity index is 121. The van der Waals surface area contributed by atoms with Crippen molar-refractivity contribution in [3.63, 3.8) is 0 Å². The van der Waals surface area contributed by atoms with Gasteiger partial charge in [-0.3, -0.25) is 4.79 Å². The molecule has 0 saturated heterocycles. The molecule has 11 heavy (non-hydrogen) atoms. The molecule has 0 fully saturated rings. The SMILES string of the molecule is C=COC(=O)CCCCCO. The van der Waals surface area contributed by atoms with E-state index < -0.39 is 0 Å². The van der Waals surface area contributed by atoms with Crippen molar-refractivity contribution in [2.45, 2.75) is 25.7 Å². The highest BCUT2D eigenvalue weighted by Crippen LogP contribution is 2.00. The summed E-state index contributed by atoms with van der Waals surface area (Å²) in [5.74, 6) is -0.252. The summed E-state index contributed by atoms with van der Waals surface area (Å²) in [6.45, 7) is 3.45. The highest BCUT2D eigenvalue weighted by atomic mass is 16.5. The number of ether oxygens (including phenoxy) is 1. The highest BCUT2D eigenvalue weighted by Gasteiger charge is 1.98. The molecule has 0 aliphatic carbocycles. The third-order valence-electron chi connectivity index (χ3n) is 1.25. The van der Waals surface area contributed by atoms with Crippen molar-refractivity contribution in [3.8, 4) is 0 Å². The lowest BCUT2D eigenvalue weighted by Crippen LogP contribution is -1.98. The van der Waals surface area contributed by atoms with Crippen LogP contribution in [0.2, 0.25) is 0 Å². The van der Waals surface area contributed by atoms with Crippen molar-refractivity contribution in [1.82, 2.24) is 0 Å². The maximum absolute atomic E-state index is 10.7. The first kappa shape index (κ1) is 10.2. The fourth-order valence-electron chi connectivity index (χ4n) is 0.710. The van der Waals surface area contributed by atoms with Crippen LogP contribution >= 0.6 is 0 Å². The first-order valence-corrected chi connectivity index (χ1v) is 3.72. The normalized spacial score (nSPS) is 9.18. The Hall–Kier alpha value is -0.830. The fourth-order valence-corrected chi connectivity index (χ4v) is 0.710. The maximum atomic E-state index is 10.7. The Morgan fingerprint density at radius 2 is 2.18 bits per heavy atom. The van der Waals surface area contributed by atoms with Crippen LogP contribution in [0.5, 0.6) is 0 Å². The Labute approximate surface area is 66.7 Å². The molecular weight excluding hydrogens is 144 g/mol. The number of carbonyl (C=O) groups is 1. The molecule has 3 heteroatoms. The molecule has 0 aromatic carbocycles. The summed E-state index contributed by atoms with van der Waals surface area (Å²) in [7, 11) is 0. The monoisotopic (exact) mass is 158 g/mol. The van der Waals surface area contributed by atoms with Gasteiger partial charge in [0, 0.05) is 13.0 Å². The molecule has 0 saturated carbocycles. The van der Waals surface area contributed by atoms with Gasteiger partial charge in [-0.2, -0.15) is 0 Å². The zero-order valence-electron chi connectivity index (χ0n) is 6.58. The Morgan fingerprint density at radius 1 is 1.45 bits per heavy atom. The van der Waals surface area contributed by atoms with E-state index in [2.05, 4.69) is 11.3 Å². The standard InChI is InChI=1S/C8H14O3/c1-2-11-8(10)6-4-3-5-7-9/h2,9H,1,3-7H2. The van der Waals surface area contributed by atoms with Crippen molar-refractivity contribution < 1.29 is 14.6 Å². The van der Waals surface area contributed by atoms with Crippen LogP contribution in [0.25, 0.3) is 0 Å². The van der Waals surface area contributed by atoms with E-state index in [1.54, 1.807) is 0 Å². The fraction of sp³-hybridized carbons (Fsp3) is 0.625. The van der Waals surface area contributed by atoms with E-state index in [1.807, 2.05) is 0 Å². The second-order valence-electron chi connectivity index (χ2n) is 2.19. The molecule has 0 radical (unpaired) electrons. The summed E-state index contributed by atoms with van der Waals surface area (Å²) in [4.78, 5) is 10.7. The molecule has 0 heterocycles. The van der Waals surface area contributed by atoms with Gasteiger partial charge in [-0.05, 0) is 12.8 Å². The molecule has 0 aromatic rings. The van der Waals surface area contributed by atoms with Crippen LogP contribution in [-0.2, 0) is 9.53 Å². The van der Waals surface area contributed by atoms with Crippen molar-refractivity contribution in [3.05, 3.63) is 12.8 Å². The smallest absolute Gasteiger partial charge is 0.310 e. The predicted octanol–water partition coefficient (Wildman–Crippen LogP) is 1.23. The molecule has 0 aliphatic heterocycles. The van der Waals surface area contributed by atoms with Crippen LogP contribution in [0.1, 0.15) is 25.7 Å². The number of hydrogen-bond acceptors (Lipinski definition) is 3. The lowest BCUT2D eigenvalue weighted by molar-refractivity contribution is -0.138. The second kappa shape index (κ2) is 7.28. The van der Waals surface area contributed by atoms with Crippen LogP contribution in [0.3, 0.4) is 0 Å². The molecule has 0 atom stereocenters. The van der Waals surface area contributed by atoms with Crippen molar-refractivity contribution >= 4 is 5.97 Å². The van der Waals surface area contributed by atoms with Crippen LogP contribution in [0.15, 0.2) is 12.8 Å². The summed E-state index contributed by atoms with van der Waals surface area (Å²) in [5, 5.41) is 8.40. The van der Waals surface area contributed by atoms with Gasteiger partial charge in [-0.25, -0.2) is 0 Å². The van der Waals surface area contributed by atoms with E-state index in [0.717, 1.165) is 25.5 Å². The van der Waals surface area contributed by atoms with Gasteiger partial charge in [0.2, 0.25) is 0 Å². The quantitative estimate of drug-likeness (QED) is 0.359. The van der Waals surface area contributed by atoms with Crippen LogP contribution in [0, 0.1) is 0 Å². The van der Waals surface area contributed by atoms with Gasteiger partial charge >= 0.3 is 5.97 Å². The zero-order chi connectivity index (χ0) is 8.53. The number of esters is 1. The molecule has 3 nitrogen and oxygen atoms in total. The van der Waals surface area contributed by atoms with Crippen LogP contribution < -0.4 is 0 Å². The third kappa shape index (κ3) is 7.06. The van der Waals surface area contributed by atoms with E-state index in [-0.39, 0.29) is 12.6 Å². The summed E-state index contributed by atoms with van der Waals surface area (Å²) in [6.07, 6.45) is 3.93. The summed E-state index contributed by atoms with van der Waals surface area (Å²) < 4.78 is 4.48. The molecule has 0 rings (SSSR count). The summed E-state index contributed by atoms with van der Waals surface area (Å²) >= 11 is 0. The summed E-state index contributed by atoms with van der Waals surface area (Å²) in [5.41, 5.74) is 0. The predicted molar refractivity (Wildman–Crippen MR) is 41.8 cm³/mol. The van der Waals surface area contributed by atoms with Gasteiger partial charge in [0.15, 0.2) is 0 Å². The first-order valence-electron chi connectivity index (χ1n) is 3.72. The number of rotatable bonds is 6. The summed E-state index contributed by atoms with van der Waals surface area (Å²) in [6, 6.07) is 0. The van der Waals surface area contributed by atoms with Gasteiger partial charge < -0.3 is 9.84 Å². The molecule has 0 aliphatic rings. The van der Waals surface area contributed by atoms with Gasteiger partial charge in [-0.15, -0.1) is 0 Å². The lowest BCUT2D eigenvalue weighted by atomic mass is 10.2. The van der Waals surface area contributed by atoms with E-state index in [9.17, 15) is 4.79 Å². The number of aliphatic hydroxyl groups excluding tert-OH is 1. The Balaban J connectivity index is 3.10. The maximum Gasteiger partial charge on any atom is 0.310 e. The number of unbranched alkanes of at least 4 members (excludes halogenated alkanes) is 2. The first-order chi connectivity index (χ1) is 5.31. The van der Waals surface area contributed by atoms with Crippen LogP contribution in [-0.4, -0.2) is 17.7 Å².